The largest absolute Gasteiger partial charge is 0.490 e. The molecule has 0 aliphatic heterocycles. The average Bonchev–Trinajstić information content (AvgIpc) is 2.61. The van der Waals surface area contributed by atoms with Gasteiger partial charge in [-0.05, 0) is 30.2 Å². The zero-order chi connectivity index (χ0) is 17.8. The van der Waals surface area contributed by atoms with Crippen LogP contribution in [0.2, 0.25) is 0 Å². The summed E-state index contributed by atoms with van der Waals surface area (Å²) >= 11 is 3.47. The summed E-state index contributed by atoms with van der Waals surface area (Å²) in [6.45, 7) is 2.57. The molecular formula is C19H18BrN3O2. The Morgan fingerprint density at radius 1 is 1.20 bits per heavy atom. The van der Waals surface area contributed by atoms with E-state index in [9.17, 15) is 4.79 Å². The van der Waals surface area contributed by atoms with E-state index in [4.69, 9.17) is 4.74 Å². The molecule has 0 radical (unpaired) electrons. The summed E-state index contributed by atoms with van der Waals surface area (Å²) in [7, 11) is 1.47. The van der Waals surface area contributed by atoms with Crippen LogP contribution in [0.3, 0.4) is 0 Å². The number of aryl methyl sites for hydroxylation is 1. The Morgan fingerprint density at radius 2 is 1.96 bits per heavy atom. The van der Waals surface area contributed by atoms with Crippen molar-refractivity contribution >= 4 is 27.6 Å². The number of anilines is 2. The second-order valence-corrected chi connectivity index (χ2v) is 6.55. The van der Waals surface area contributed by atoms with Crippen molar-refractivity contribution in [2.45, 2.75) is 13.5 Å². The quantitative estimate of drug-likeness (QED) is 0.700. The zero-order valence-electron chi connectivity index (χ0n) is 14.0. The van der Waals surface area contributed by atoms with Crippen LogP contribution >= 0.6 is 15.9 Å². The Labute approximate surface area is 154 Å². The van der Waals surface area contributed by atoms with Crippen LogP contribution in [0.5, 0.6) is 5.75 Å². The van der Waals surface area contributed by atoms with E-state index in [2.05, 4.69) is 26.2 Å². The number of benzene rings is 2. The number of nitrogens with one attached hydrogen (secondary N) is 1. The molecule has 0 amide bonds. The second kappa shape index (κ2) is 7.53. The molecule has 1 N–H and O–H groups in total. The highest BCUT2D eigenvalue weighted by Crippen LogP contribution is 2.24. The SMILES string of the molecule is COc1cn(Cc2ccccc2)c(Nc2cc(Br)ccc2C)nc1=O. The summed E-state index contributed by atoms with van der Waals surface area (Å²) < 4.78 is 7.96. The fourth-order valence-electron chi connectivity index (χ4n) is 2.46. The fraction of sp³-hybridized carbons (Fsp3) is 0.158. The van der Waals surface area contributed by atoms with E-state index in [0.717, 1.165) is 21.3 Å². The van der Waals surface area contributed by atoms with Gasteiger partial charge in [-0.3, -0.25) is 4.79 Å². The van der Waals surface area contributed by atoms with Crippen molar-refractivity contribution < 1.29 is 4.74 Å². The minimum Gasteiger partial charge on any atom is -0.490 e. The van der Waals surface area contributed by atoms with Gasteiger partial charge >= 0.3 is 5.56 Å². The average molecular weight is 400 g/mol. The molecule has 0 saturated carbocycles. The highest BCUT2D eigenvalue weighted by atomic mass is 79.9. The summed E-state index contributed by atoms with van der Waals surface area (Å²) in [5.41, 5.74) is 2.64. The second-order valence-electron chi connectivity index (χ2n) is 5.64. The van der Waals surface area contributed by atoms with Crippen LogP contribution in [-0.2, 0) is 6.54 Å². The van der Waals surface area contributed by atoms with Crippen LogP contribution in [0.1, 0.15) is 11.1 Å². The smallest absolute Gasteiger partial charge is 0.316 e. The maximum absolute atomic E-state index is 12.1. The number of nitrogens with zero attached hydrogens (tertiary/aromatic N) is 2. The lowest BCUT2D eigenvalue weighted by Crippen LogP contribution is -2.19. The van der Waals surface area contributed by atoms with Crippen molar-refractivity contribution in [2.75, 3.05) is 12.4 Å². The molecular weight excluding hydrogens is 382 g/mol. The molecule has 0 atom stereocenters. The summed E-state index contributed by atoms with van der Waals surface area (Å²) in [6, 6.07) is 15.9. The van der Waals surface area contributed by atoms with Crippen LogP contribution in [0.4, 0.5) is 11.6 Å². The molecule has 1 heterocycles. The highest BCUT2D eigenvalue weighted by Gasteiger charge is 2.11. The molecule has 0 spiro atoms. The van der Waals surface area contributed by atoms with Crippen molar-refractivity contribution in [1.82, 2.24) is 9.55 Å². The van der Waals surface area contributed by atoms with Crippen molar-refractivity contribution in [3.8, 4) is 5.75 Å². The van der Waals surface area contributed by atoms with Crippen LogP contribution in [0.25, 0.3) is 0 Å². The van der Waals surface area contributed by atoms with E-state index in [-0.39, 0.29) is 5.75 Å². The molecule has 3 aromatic rings. The molecule has 128 valence electrons. The van der Waals surface area contributed by atoms with Crippen LogP contribution in [0, 0.1) is 6.92 Å². The maximum atomic E-state index is 12.1. The van der Waals surface area contributed by atoms with Gasteiger partial charge in [0.2, 0.25) is 11.7 Å². The molecule has 0 unspecified atom stereocenters. The number of hydrogen-bond acceptors (Lipinski definition) is 4. The minimum absolute atomic E-state index is 0.215. The molecule has 5 nitrogen and oxygen atoms in total. The normalized spacial score (nSPS) is 10.5. The standard InChI is InChI=1S/C19H18BrN3O2/c1-13-8-9-15(20)10-16(13)21-19-22-18(24)17(25-2)12-23(19)11-14-6-4-3-5-7-14/h3-10,12H,11H2,1-2H3,(H,21,22,24). The van der Waals surface area contributed by atoms with Crippen LogP contribution in [0.15, 0.2) is 64.0 Å². The third-order valence-corrected chi connectivity index (χ3v) is 4.32. The third-order valence-electron chi connectivity index (χ3n) is 3.83. The Kier molecular flexibility index (Phi) is 5.19. The third kappa shape index (κ3) is 4.09. The summed E-state index contributed by atoms with van der Waals surface area (Å²) in [6.07, 6.45) is 1.68. The molecule has 3 rings (SSSR count). The predicted molar refractivity (Wildman–Crippen MR) is 103 cm³/mol. The molecule has 0 aliphatic carbocycles. The first-order valence-corrected chi connectivity index (χ1v) is 8.58. The summed E-state index contributed by atoms with van der Waals surface area (Å²) in [4.78, 5) is 16.3. The first-order chi connectivity index (χ1) is 12.1. The Balaban J connectivity index is 2.03. The first-order valence-electron chi connectivity index (χ1n) is 7.79. The van der Waals surface area contributed by atoms with Gasteiger partial charge in [0.05, 0.1) is 19.9 Å². The number of aromatic nitrogens is 2. The molecule has 0 aliphatic rings. The molecule has 1 aromatic heterocycles. The molecule has 0 saturated heterocycles. The van der Waals surface area contributed by atoms with E-state index in [1.165, 1.54) is 7.11 Å². The molecule has 2 aromatic carbocycles. The van der Waals surface area contributed by atoms with Crippen LogP contribution in [-0.4, -0.2) is 16.7 Å². The van der Waals surface area contributed by atoms with E-state index < -0.39 is 5.56 Å². The van der Waals surface area contributed by atoms with E-state index in [0.29, 0.717) is 12.5 Å². The maximum Gasteiger partial charge on any atom is 0.316 e. The monoisotopic (exact) mass is 399 g/mol. The highest BCUT2D eigenvalue weighted by molar-refractivity contribution is 9.10. The van der Waals surface area contributed by atoms with Gasteiger partial charge in [-0.2, -0.15) is 4.98 Å². The van der Waals surface area contributed by atoms with Gasteiger partial charge in [-0.15, -0.1) is 0 Å². The van der Waals surface area contributed by atoms with Crippen molar-refractivity contribution in [3.05, 3.63) is 80.7 Å². The number of rotatable bonds is 5. The van der Waals surface area contributed by atoms with Gasteiger partial charge in [0.1, 0.15) is 0 Å². The van der Waals surface area contributed by atoms with Gasteiger partial charge in [0.15, 0.2) is 0 Å². The molecule has 25 heavy (non-hydrogen) atoms. The number of ether oxygens (including phenoxy) is 1. The predicted octanol–water partition coefficient (Wildman–Crippen LogP) is 4.11. The van der Waals surface area contributed by atoms with Gasteiger partial charge in [0, 0.05) is 10.2 Å². The van der Waals surface area contributed by atoms with Gasteiger partial charge in [0.25, 0.3) is 0 Å². The number of methoxy groups -OCH3 is 1. The first kappa shape index (κ1) is 17.2. The Bertz CT molecular complexity index is 939. The van der Waals surface area contributed by atoms with E-state index in [1.807, 2.05) is 60.0 Å². The Hall–Kier alpha value is -2.60. The van der Waals surface area contributed by atoms with E-state index >= 15 is 0 Å². The summed E-state index contributed by atoms with van der Waals surface area (Å²) in [5, 5.41) is 3.26. The van der Waals surface area contributed by atoms with E-state index in [1.54, 1.807) is 6.20 Å². The van der Waals surface area contributed by atoms with Gasteiger partial charge in [-0.1, -0.05) is 52.3 Å². The van der Waals surface area contributed by atoms with Gasteiger partial charge < -0.3 is 14.6 Å². The number of halogens is 1. The van der Waals surface area contributed by atoms with Crippen molar-refractivity contribution in [2.24, 2.45) is 0 Å². The topological polar surface area (TPSA) is 56.1 Å². The lowest BCUT2D eigenvalue weighted by molar-refractivity contribution is 0.402. The lowest BCUT2D eigenvalue weighted by Gasteiger charge is -2.16. The zero-order valence-corrected chi connectivity index (χ0v) is 15.6. The van der Waals surface area contributed by atoms with Crippen LogP contribution < -0.4 is 15.6 Å². The fourth-order valence-corrected chi connectivity index (χ4v) is 2.82. The molecule has 0 bridgehead atoms. The van der Waals surface area contributed by atoms with Crippen molar-refractivity contribution in [1.29, 1.82) is 0 Å². The molecule has 0 fully saturated rings. The lowest BCUT2D eigenvalue weighted by atomic mass is 10.2. The van der Waals surface area contributed by atoms with Crippen molar-refractivity contribution in [3.63, 3.8) is 0 Å². The van der Waals surface area contributed by atoms with Gasteiger partial charge in [-0.25, -0.2) is 0 Å². The summed E-state index contributed by atoms with van der Waals surface area (Å²) in [5.74, 6) is 0.684. The number of hydrogen-bond donors (Lipinski definition) is 1. The molecule has 6 heteroatoms. The Morgan fingerprint density at radius 3 is 2.68 bits per heavy atom. The minimum atomic E-state index is -0.401.